The third kappa shape index (κ3) is 3.53. The predicted octanol–water partition coefficient (Wildman–Crippen LogP) is 1.78. The van der Waals surface area contributed by atoms with E-state index in [1.807, 2.05) is 36.7 Å². The maximum Gasteiger partial charge on any atom is 0.118 e. The Bertz CT molecular complexity index is 442. The molecule has 1 N–H and O–H groups in total. The van der Waals surface area contributed by atoms with Crippen LogP contribution in [0.5, 0.6) is 5.75 Å². The van der Waals surface area contributed by atoms with E-state index in [4.69, 9.17) is 4.74 Å². The third-order valence-corrected chi connectivity index (χ3v) is 2.43. The second-order valence-electron chi connectivity index (χ2n) is 3.70. The Kier molecular flexibility index (Phi) is 4.05. The first-order valence-corrected chi connectivity index (χ1v) is 5.46. The van der Waals surface area contributed by atoms with Crippen LogP contribution >= 0.6 is 0 Å². The number of hydrogen-bond donors (Lipinski definition) is 1. The van der Waals surface area contributed by atoms with Crippen molar-refractivity contribution in [3.8, 4) is 5.75 Å². The van der Waals surface area contributed by atoms with Gasteiger partial charge in [-0.1, -0.05) is 12.1 Å². The Morgan fingerprint density at radius 2 is 1.65 bits per heavy atom. The fourth-order valence-corrected chi connectivity index (χ4v) is 1.52. The van der Waals surface area contributed by atoms with Crippen LogP contribution in [0, 0.1) is 0 Å². The summed E-state index contributed by atoms with van der Waals surface area (Å²) in [6, 6.07) is 8.02. The molecule has 0 amide bonds. The molecule has 0 aliphatic carbocycles. The van der Waals surface area contributed by atoms with Crippen molar-refractivity contribution < 1.29 is 4.74 Å². The first-order chi connectivity index (χ1) is 8.38. The Morgan fingerprint density at radius 3 is 2.29 bits per heavy atom. The minimum Gasteiger partial charge on any atom is -0.497 e. The number of methoxy groups -OCH3 is 1. The zero-order valence-electron chi connectivity index (χ0n) is 9.76. The highest BCUT2D eigenvalue weighted by Crippen LogP contribution is 2.10. The number of nitrogens with one attached hydrogen (secondary N) is 1. The molecule has 0 spiro atoms. The molecule has 4 heteroatoms. The maximum absolute atomic E-state index is 5.11. The molecule has 0 bridgehead atoms. The first kappa shape index (κ1) is 11.5. The molecule has 1 aromatic carbocycles. The Hall–Kier alpha value is -1.94. The highest BCUT2D eigenvalue weighted by molar-refractivity contribution is 5.27. The van der Waals surface area contributed by atoms with E-state index >= 15 is 0 Å². The van der Waals surface area contributed by atoms with Crippen molar-refractivity contribution >= 4 is 0 Å². The molecule has 2 rings (SSSR count). The molecule has 17 heavy (non-hydrogen) atoms. The highest BCUT2D eigenvalue weighted by atomic mass is 16.5. The van der Waals surface area contributed by atoms with Crippen LogP contribution in [0.15, 0.2) is 43.0 Å². The molecule has 1 heterocycles. The average molecular weight is 229 g/mol. The molecule has 4 nitrogen and oxygen atoms in total. The van der Waals surface area contributed by atoms with E-state index in [2.05, 4.69) is 15.3 Å². The fourth-order valence-electron chi connectivity index (χ4n) is 1.52. The monoisotopic (exact) mass is 229 g/mol. The molecular formula is C13H15N3O. The summed E-state index contributed by atoms with van der Waals surface area (Å²) < 4.78 is 5.11. The number of hydrogen-bond acceptors (Lipinski definition) is 4. The topological polar surface area (TPSA) is 47.0 Å². The number of nitrogens with zero attached hydrogens (tertiary/aromatic N) is 2. The van der Waals surface area contributed by atoms with Crippen LogP contribution in [0.3, 0.4) is 0 Å². The van der Waals surface area contributed by atoms with Crippen molar-refractivity contribution in [1.29, 1.82) is 0 Å². The molecular weight excluding hydrogens is 214 g/mol. The molecule has 2 aromatic rings. The summed E-state index contributed by atoms with van der Waals surface area (Å²) in [5.74, 6) is 0.880. The van der Waals surface area contributed by atoms with Crippen molar-refractivity contribution in [2.75, 3.05) is 7.11 Å². The van der Waals surface area contributed by atoms with Gasteiger partial charge in [-0.15, -0.1) is 0 Å². The molecule has 0 radical (unpaired) electrons. The largest absolute Gasteiger partial charge is 0.497 e. The fraction of sp³-hybridized carbons (Fsp3) is 0.231. The van der Waals surface area contributed by atoms with Gasteiger partial charge < -0.3 is 10.1 Å². The molecule has 88 valence electrons. The Morgan fingerprint density at radius 1 is 1.00 bits per heavy atom. The van der Waals surface area contributed by atoms with Crippen LogP contribution in [0.4, 0.5) is 0 Å². The molecule has 0 aliphatic heterocycles. The lowest BCUT2D eigenvalue weighted by atomic mass is 10.2. The van der Waals surface area contributed by atoms with Gasteiger partial charge in [0.25, 0.3) is 0 Å². The van der Waals surface area contributed by atoms with Crippen LogP contribution in [0.25, 0.3) is 0 Å². The lowest BCUT2D eigenvalue weighted by Crippen LogP contribution is -2.12. The van der Waals surface area contributed by atoms with Crippen molar-refractivity contribution in [3.05, 3.63) is 54.1 Å². The standard InChI is InChI=1S/C13H15N3O/c1-17-13-4-2-11(3-5-13)6-14-7-12-8-15-10-16-9-12/h2-5,8-10,14H,6-7H2,1H3. The summed E-state index contributed by atoms with van der Waals surface area (Å²) >= 11 is 0. The van der Waals surface area contributed by atoms with Gasteiger partial charge in [0, 0.05) is 31.0 Å². The first-order valence-electron chi connectivity index (χ1n) is 5.46. The molecule has 0 atom stereocenters. The van der Waals surface area contributed by atoms with Crippen LogP contribution in [-0.4, -0.2) is 17.1 Å². The van der Waals surface area contributed by atoms with Crippen LogP contribution in [-0.2, 0) is 13.1 Å². The minimum absolute atomic E-state index is 0.771. The number of aromatic nitrogens is 2. The Labute approximate surface area is 101 Å². The molecule has 0 unspecified atom stereocenters. The number of benzene rings is 1. The second kappa shape index (κ2) is 5.96. The van der Waals surface area contributed by atoms with Crippen molar-refractivity contribution in [2.24, 2.45) is 0 Å². The van der Waals surface area contributed by atoms with Crippen molar-refractivity contribution in [3.63, 3.8) is 0 Å². The summed E-state index contributed by atoms with van der Waals surface area (Å²) in [6.45, 7) is 1.59. The smallest absolute Gasteiger partial charge is 0.118 e. The zero-order chi connectivity index (χ0) is 11.9. The average Bonchev–Trinajstić information content (AvgIpc) is 2.41. The Balaban J connectivity index is 1.82. The van der Waals surface area contributed by atoms with E-state index in [9.17, 15) is 0 Å². The molecule has 0 aliphatic rings. The van der Waals surface area contributed by atoms with Gasteiger partial charge in [0.2, 0.25) is 0 Å². The van der Waals surface area contributed by atoms with Crippen LogP contribution < -0.4 is 10.1 Å². The van der Waals surface area contributed by atoms with E-state index < -0.39 is 0 Å². The van der Waals surface area contributed by atoms with Crippen LogP contribution in [0.1, 0.15) is 11.1 Å². The normalized spacial score (nSPS) is 10.2. The van der Waals surface area contributed by atoms with Gasteiger partial charge in [-0.2, -0.15) is 0 Å². The highest BCUT2D eigenvalue weighted by Gasteiger charge is 1.95. The van der Waals surface area contributed by atoms with Crippen molar-refractivity contribution in [2.45, 2.75) is 13.1 Å². The van der Waals surface area contributed by atoms with E-state index in [1.165, 1.54) is 11.9 Å². The maximum atomic E-state index is 5.11. The van der Waals surface area contributed by atoms with E-state index in [0.29, 0.717) is 0 Å². The van der Waals surface area contributed by atoms with E-state index in [1.54, 1.807) is 7.11 Å². The quantitative estimate of drug-likeness (QED) is 0.849. The molecule has 0 fully saturated rings. The van der Waals surface area contributed by atoms with Crippen LogP contribution in [0.2, 0.25) is 0 Å². The molecule has 0 saturated heterocycles. The third-order valence-electron chi connectivity index (χ3n) is 2.43. The SMILES string of the molecule is COc1ccc(CNCc2cncnc2)cc1. The minimum atomic E-state index is 0.771. The van der Waals surface area contributed by atoms with E-state index in [0.717, 1.165) is 24.4 Å². The summed E-state index contributed by atoms with van der Waals surface area (Å²) in [6.07, 6.45) is 5.16. The van der Waals surface area contributed by atoms with Gasteiger partial charge in [-0.25, -0.2) is 9.97 Å². The summed E-state index contributed by atoms with van der Waals surface area (Å²) in [5.41, 5.74) is 2.31. The summed E-state index contributed by atoms with van der Waals surface area (Å²) in [4.78, 5) is 7.93. The second-order valence-corrected chi connectivity index (χ2v) is 3.70. The lowest BCUT2D eigenvalue weighted by Gasteiger charge is -2.05. The number of ether oxygens (including phenoxy) is 1. The lowest BCUT2D eigenvalue weighted by molar-refractivity contribution is 0.414. The summed E-state index contributed by atoms with van der Waals surface area (Å²) in [5, 5.41) is 3.33. The van der Waals surface area contributed by atoms with Gasteiger partial charge in [-0.05, 0) is 17.7 Å². The van der Waals surface area contributed by atoms with Gasteiger partial charge in [0.1, 0.15) is 12.1 Å². The van der Waals surface area contributed by atoms with Gasteiger partial charge >= 0.3 is 0 Å². The molecule has 1 aromatic heterocycles. The number of rotatable bonds is 5. The van der Waals surface area contributed by atoms with Gasteiger partial charge in [0.15, 0.2) is 0 Å². The van der Waals surface area contributed by atoms with Gasteiger partial charge in [-0.3, -0.25) is 0 Å². The predicted molar refractivity (Wildman–Crippen MR) is 65.6 cm³/mol. The summed E-state index contributed by atoms with van der Waals surface area (Å²) in [7, 11) is 1.67. The zero-order valence-corrected chi connectivity index (χ0v) is 9.76. The molecule has 0 saturated carbocycles. The van der Waals surface area contributed by atoms with Gasteiger partial charge in [0.05, 0.1) is 7.11 Å². The van der Waals surface area contributed by atoms with Crippen molar-refractivity contribution in [1.82, 2.24) is 15.3 Å². The van der Waals surface area contributed by atoms with E-state index in [-0.39, 0.29) is 0 Å².